The fourth-order valence-corrected chi connectivity index (χ4v) is 2.15. The van der Waals surface area contributed by atoms with E-state index in [9.17, 15) is 0 Å². The molecule has 0 saturated heterocycles. The molecule has 3 nitrogen and oxygen atoms in total. The fourth-order valence-electron chi connectivity index (χ4n) is 1.38. The van der Waals surface area contributed by atoms with E-state index in [1.165, 1.54) is 0 Å². The molecule has 0 bridgehead atoms. The minimum Gasteiger partial charge on any atom is -0.354 e. The van der Waals surface area contributed by atoms with E-state index in [4.69, 9.17) is 0 Å². The minimum atomic E-state index is 0.789. The van der Waals surface area contributed by atoms with Crippen molar-refractivity contribution in [1.29, 1.82) is 0 Å². The van der Waals surface area contributed by atoms with Crippen molar-refractivity contribution in [3.05, 3.63) is 38.9 Å². The van der Waals surface area contributed by atoms with Gasteiger partial charge in [-0.3, -0.25) is 0 Å². The summed E-state index contributed by atoms with van der Waals surface area (Å²) >= 11 is 5.06. The summed E-state index contributed by atoms with van der Waals surface area (Å²) in [4.78, 5) is 10.9. The highest BCUT2D eigenvalue weighted by Crippen LogP contribution is 2.19. The van der Waals surface area contributed by atoms with E-state index in [0.717, 1.165) is 28.2 Å². The highest BCUT2D eigenvalue weighted by Gasteiger charge is 2.06. The maximum absolute atomic E-state index is 4.51. The Morgan fingerprint density at radius 2 is 2.25 bits per heavy atom. The van der Waals surface area contributed by atoms with Gasteiger partial charge in [0.1, 0.15) is 5.82 Å². The van der Waals surface area contributed by atoms with Gasteiger partial charge in [0, 0.05) is 16.9 Å². The Hall–Kier alpha value is -0.940. The second-order valence-corrected chi connectivity index (χ2v) is 5.15. The molecule has 0 N–H and O–H groups in total. The van der Waals surface area contributed by atoms with Gasteiger partial charge in [0.05, 0.1) is 23.4 Å². The molecule has 0 saturated carbocycles. The normalized spacial score (nSPS) is 10.4. The van der Waals surface area contributed by atoms with Crippen molar-refractivity contribution in [2.45, 2.75) is 13.5 Å². The van der Waals surface area contributed by atoms with Crippen LogP contribution in [-0.4, -0.2) is 17.0 Å². The number of nitrogens with zero attached hydrogens (tertiary/aromatic N) is 3. The van der Waals surface area contributed by atoms with Crippen LogP contribution in [0.25, 0.3) is 0 Å². The molecular formula is C11H12BrN3S. The lowest BCUT2D eigenvalue weighted by Gasteiger charge is -2.17. The highest BCUT2D eigenvalue weighted by molar-refractivity contribution is 9.10. The average molecular weight is 298 g/mol. The summed E-state index contributed by atoms with van der Waals surface area (Å²) in [6, 6.07) is 4.03. The molecule has 0 amide bonds. The molecule has 2 heterocycles. The standard InChI is InChI=1S/C11H12BrN3S/c1-8-10(12)3-4-11(14-8)15(2)5-9-6-16-7-13-9/h3-4,6-7H,5H2,1-2H3. The van der Waals surface area contributed by atoms with Crippen LogP contribution in [0.5, 0.6) is 0 Å². The van der Waals surface area contributed by atoms with E-state index in [0.29, 0.717) is 0 Å². The third-order valence-corrected chi connectivity index (χ3v) is 3.75. The number of thiazole rings is 1. The van der Waals surface area contributed by atoms with E-state index in [-0.39, 0.29) is 0 Å². The molecular weight excluding hydrogens is 286 g/mol. The second kappa shape index (κ2) is 4.93. The summed E-state index contributed by atoms with van der Waals surface area (Å²) in [5, 5.41) is 2.06. The van der Waals surface area contributed by atoms with Crippen LogP contribution < -0.4 is 4.90 Å². The third-order valence-electron chi connectivity index (χ3n) is 2.28. The van der Waals surface area contributed by atoms with Gasteiger partial charge in [0.15, 0.2) is 0 Å². The van der Waals surface area contributed by atoms with Crippen LogP contribution in [0.1, 0.15) is 11.4 Å². The monoisotopic (exact) mass is 297 g/mol. The Morgan fingerprint density at radius 3 is 2.88 bits per heavy atom. The molecule has 2 aromatic rings. The first-order valence-corrected chi connectivity index (χ1v) is 6.62. The van der Waals surface area contributed by atoms with Gasteiger partial charge in [-0.15, -0.1) is 11.3 Å². The number of aryl methyl sites for hydroxylation is 1. The number of anilines is 1. The molecule has 0 unspecified atom stereocenters. The van der Waals surface area contributed by atoms with Crippen LogP contribution in [0.3, 0.4) is 0 Å². The fraction of sp³-hybridized carbons (Fsp3) is 0.273. The third kappa shape index (κ3) is 2.59. The largest absolute Gasteiger partial charge is 0.354 e. The number of rotatable bonds is 3. The van der Waals surface area contributed by atoms with Gasteiger partial charge in [-0.05, 0) is 35.0 Å². The highest BCUT2D eigenvalue weighted by atomic mass is 79.9. The summed E-state index contributed by atoms with van der Waals surface area (Å²) in [5.74, 6) is 0.966. The lowest BCUT2D eigenvalue weighted by molar-refractivity contribution is 0.869. The SMILES string of the molecule is Cc1nc(N(C)Cc2cscn2)ccc1Br. The number of hydrogen-bond donors (Lipinski definition) is 0. The van der Waals surface area contributed by atoms with Gasteiger partial charge in [0.2, 0.25) is 0 Å². The van der Waals surface area contributed by atoms with Crippen molar-refractivity contribution in [3.63, 3.8) is 0 Å². The number of aromatic nitrogens is 2. The Kier molecular flexibility index (Phi) is 3.56. The first-order valence-electron chi connectivity index (χ1n) is 4.88. The molecule has 0 aromatic carbocycles. The van der Waals surface area contributed by atoms with Crippen molar-refractivity contribution >= 4 is 33.1 Å². The quantitative estimate of drug-likeness (QED) is 0.871. The zero-order valence-corrected chi connectivity index (χ0v) is 11.5. The zero-order valence-electron chi connectivity index (χ0n) is 9.14. The van der Waals surface area contributed by atoms with Crippen LogP contribution in [0.4, 0.5) is 5.82 Å². The molecule has 0 radical (unpaired) electrons. The van der Waals surface area contributed by atoms with Gasteiger partial charge in [-0.1, -0.05) is 0 Å². The molecule has 0 spiro atoms. The summed E-state index contributed by atoms with van der Waals surface area (Å²) in [6.45, 7) is 2.78. The Labute approximate surface area is 107 Å². The summed E-state index contributed by atoms with van der Waals surface area (Å²) in [6.07, 6.45) is 0. The number of halogens is 1. The Bertz CT molecular complexity index is 470. The minimum absolute atomic E-state index is 0.789. The van der Waals surface area contributed by atoms with Crippen LogP contribution >= 0.6 is 27.3 Å². The maximum atomic E-state index is 4.51. The van der Waals surface area contributed by atoms with E-state index in [2.05, 4.69) is 36.2 Å². The summed E-state index contributed by atoms with van der Waals surface area (Å²) in [7, 11) is 2.02. The smallest absolute Gasteiger partial charge is 0.128 e. The summed E-state index contributed by atoms with van der Waals surface area (Å²) in [5.41, 5.74) is 3.93. The predicted octanol–water partition coefficient (Wildman–Crippen LogP) is 3.25. The average Bonchev–Trinajstić information content (AvgIpc) is 2.74. The molecule has 0 aliphatic rings. The molecule has 0 atom stereocenters. The molecule has 0 aliphatic carbocycles. The van der Waals surface area contributed by atoms with E-state index in [1.54, 1.807) is 11.3 Å². The predicted molar refractivity (Wildman–Crippen MR) is 70.9 cm³/mol. The number of hydrogen-bond acceptors (Lipinski definition) is 4. The van der Waals surface area contributed by atoms with E-state index < -0.39 is 0 Å². The first kappa shape index (κ1) is 11.5. The molecule has 84 valence electrons. The Balaban J connectivity index is 2.14. The topological polar surface area (TPSA) is 29.0 Å². The lowest BCUT2D eigenvalue weighted by atomic mass is 10.3. The lowest BCUT2D eigenvalue weighted by Crippen LogP contribution is -2.18. The van der Waals surface area contributed by atoms with Crippen molar-refractivity contribution < 1.29 is 0 Å². The van der Waals surface area contributed by atoms with E-state index >= 15 is 0 Å². The van der Waals surface area contributed by atoms with Gasteiger partial charge >= 0.3 is 0 Å². The maximum Gasteiger partial charge on any atom is 0.128 e. The van der Waals surface area contributed by atoms with Crippen molar-refractivity contribution in [1.82, 2.24) is 9.97 Å². The van der Waals surface area contributed by atoms with Gasteiger partial charge in [0.25, 0.3) is 0 Å². The van der Waals surface area contributed by atoms with Crippen molar-refractivity contribution in [2.24, 2.45) is 0 Å². The second-order valence-electron chi connectivity index (χ2n) is 3.57. The van der Waals surface area contributed by atoms with Crippen LogP contribution in [0, 0.1) is 6.92 Å². The number of pyridine rings is 1. The molecule has 2 aromatic heterocycles. The van der Waals surface area contributed by atoms with Crippen molar-refractivity contribution in [2.75, 3.05) is 11.9 Å². The van der Waals surface area contributed by atoms with Gasteiger partial charge in [-0.25, -0.2) is 9.97 Å². The Morgan fingerprint density at radius 1 is 1.44 bits per heavy atom. The van der Waals surface area contributed by atoms with Crippen LogP contribution in [0.15, 0.2) is 27.5 Å². The molecule has 0 fully saturated rings. The summed E-state index contributed by atoms with van der Waals surface area (Å²) < 4.78 is 1.04. The van der Waals surface area contributed by atoms with Gasteiger partial charge in [-0.2, -0.15) is 0 Å². The first-order chi connectivity index (χ1) is 7.66. The van der Waals surface area contributed by atoms with Crippen LogP contribution in [-0.2, 0) is 6.54 Å². The molecule has 5 heteroatoms. The van der Waals surface area contributed by atoms with E-state index in [1.807, 2.05) is 31.6 Å². The zero-order chi connectivity index (χ0) is 11.5. The molecule has 2 rings (SSSR count). The molecule has 0 aliphatic heterocycles. The molecule has 16 heavy (non-hydrogen) atoms. The van der Waals surface area contributed by atoms with Gasteiger partial charge < -0.3 is 4.90 Å². The van der Waals surface area contributed by atoms with Crippen molar-refractivity contribution in [3.8, 4) is 0 Å². The van der Waals surface area contributed by atoms with Crippen LogP contribution in [0.2, 0.25) is 0 Å².